The van der Waals surface area contributed by atoms with E-state index in [2.05, 4.69) is 18.9 Å². The minimum Gasteiger partial charge on any atom is -0.493 e. The fraction of sp³-hybridized carbons (Fsp3) is 0.240. The monoisotopic (exact) mass is 461 g/mol. The van der Waals surface area contributed by atoms with Crippen molar-refractivity contribution < 1.29 is 24.0 Å². The van der Waals surface area contributed by atoms with Crippen molar-refractivity contribution in [3.05, 3.63) is 75.3 Å². The molecule has 0 N–H and O–H groups in total. The van der Waals surface area contributed by atoms with Crippen molar-refractivity contribution in [2.75, 3.05) is 13.7 Å². The Labute approximate surface area is 195 Å². The number of nitrogens with zero attached hydrogens (tertiary/aromatic N) is 3. The van der Waals surface area contributed by atoms with Gasteiger partial charge in [-0.15, -0.1) is 0 Å². The van der Waals surface area contributed by atoms with Gasteiger partial charge in [0.05, 0.1) is 41.4 Å². The number of imide groups is 1. The van der Waals surface area contributed by atoms with Crippen LogP contribution in [0.1, 0.15) is 46.5 Å². The molecule has 3 aromatic carbocycles. The molecule has 0 fully saturated rings. The van der Waals surface area contributed by atoms with Gasteiger partial charge in [0.1, 0.15) is 0 Å². The molecular weight excluding hydrogens is 438 g/mol. The first-order chi connectivity index (χ1) is 16.3. The van der Waals surface area contributed by atoms with Crippen LogP contribution in [0.5, 0.6) is 11.5 Å². The Kier molecular flexibility index (Phi) is 6.27. The molecule has 3 aromatic rings. The molecule has 0 saturated heterocycles. The Morgan fingerprint density at radius 3 is 2.47 bits per heavy atom. The molecule has 174 valence electrons. The van der Waals surface area contributed by atoms with Gasteiger partial charge in [-0.1, -0.05) is 19.9 Å². The van der Waals surface area contributed by atoms with E-state index in [4.69, 9.17) is 9.47 Å². The van der Waals surface area contributed by atoms with Gasteiger partial charge in [-0.25, -0.2) is 0 Å². The van der Waals surface area contributed by atoms with Crippen LogP contribution >= 0.6 is 0 Å². The summed E-state index contributed by atoms with van der Waals surface area (Å²) in [4.78, 5) is 36.9. The molecule has 0 saturated carbocycles. The average molecular weight is 461 g/mol. The number of hydrazone groups is 1. The largest absolute Gasteiger partial charge is 0.493 e. The molecule has 9 heteroatoms. The van der Waals surface area contributed by atoms with E-state index in [1.807, 2.05) is 0 Å². The average Bonchev–Trinajstić information content (AvgIpc) is 2.82. The normalized spacial score (nSPS) is 13.2. The Bertz CT molecular complexity index is 1310. The summed E-state index contributed by atoms with van der Waals surface area (Å²) < 4.78 is 11.2. The van der Waals surface area contributed by atoms with Crippen LogP contribution in [0.2, 0.25) is 0 Å². The van der Waals surface area contributed by atoms with Crippen LogP contribution in [-0.4, -0.2) is 41.7 Å². The molecular formula is C25H23N3O6. The van der Waals surface area contributed by atoms with Gasteiger partial charge in [0.15, 0.2) is 11.5 Å². The maximum absolute atomic E-state index is 13.0. The third kappa shape index (κ3) is 4.19. The highest BCUT2D eigenvalue weighted by atomic mass is 16.6. The number of amides is 2. The summed E-state index contributed by atoms with van der Waals surface area (Å²) in [6.07, 6.45) is 2.29. The summed E-state index contributed by atoms with van der Waals surface area (Å²) >= 11 is 0. The van der Waals surface area contributed by atoms with Gasteiger partial charge in [0, 0.05) is 11.5 Å². The molecule has 1 aliphatic heterocycles. The number of rotatable bonds is 8. The topological polar surface area (TPSA) is 111 Å². The molecule has 1 aliphatic rings. The predicted octanol–water partition coefficient (Wildman–Crippen LogP) is 4.81. The highest BCUT2D eigenvalue weighted by Crippen LogP contribution is 2.35. The third-order valence-corrected chi connectivity index (χ3v) is 5.52. The molecule has 34 heavy (non-hydrogen) atoms. The van der Waals surface area contributed by atoms with Crippen molar-refractivity contribution in [3.63, 3.8) is 0 Å². The van der Waals surface area contributed by atoms with Crippen molar-refractivity contribution in [1.29, 1.82) is 0 Å². The van der Waals surface area contributed by atoms with Crippen molar-refractivity contribution in [3.8, 4) is 11.5 Å². The maximum atomic E-state index is 13.0. The second kappa shape index (κ2) is 9.30. The van der Waals surface area contributed by atoms with Crippen molar-refractivity contribution >= 4 is 34.5 Å². The molecule has 0 unspecified atom stereocenters. The first-order valence-corrected chi connectivity index (χ1v) is 10.8. The van der Waals surface area contributed by atoms with Crippen LogP contribution in [0, 0.1) is 16.0 Å². The first kappa shape index (κ1) is 22.9. The van der Waals surface area contributed by atoms with Crippen LogP contribution in [0.4, 0.5) is 5.69 Å². The Balaban J connectivity index is 1.63. The minimum atomic E-state index is -0.652. The first-order valence-electron chi connectivity index (χ1n) is 10.8. The van der Waals surface area contributed by atoms with E-state index in [1.54, 1.807) is 24.3 Å². The highest BCUT2D eigenvalue weighted by molar-refractivity contribution is 6.26. The van der Waals surface area contributed by atoms with Gasteiger partial charge in [-0.05, 0) is 54.3 Å². The molecule has 0 aromatic heterocycles. The standard InChI is InChI=1S/C25H23N3O6/c1-15(2)11-12-34-21-10-7-16(13-22(21)33-3)14-26-27-24(29)18-6-4-5-17-20(28(31)32)9-8-19(23(17)18)25(27)30/h4-10,13-15H,11-12H2,1-3H3. The molecule has 0 radical (unpaired) electrons. The zero-order valence-electron chi connectivity index (χ0n) is 19.0. The second-order valence-corrected chi connectivity index (χ2v) is 8.23. The minimum absolute atomic E-state index is 0.166. The van der Waals surface area contributed by atoms with Gasteiger partial charge >= 0.3 is 0 Å². The summed E-state index contributed by atoms with van der Waals surface area (Å²) in [5.74, 6) is 0.305. The van der Waals surface area contributed by atoms with E-state index in [9.17, 15) is 19.7 Å². The van der Waals surface area contributed by atoms with Crippen LogP contribution in [-0.2, 0) is 0 Å². The van der Waals surface area contributed by atoms with Gasteiger partial charge in [-0.3, -0.25) is 19.7 Å². The number of nitro groups is 1. The summed E-state index contributed by atoms with van der Waals surface area (Å²) in [6.45, 7) is 4.79. The van der Waals surface area contributed by atoms with E-state index in [0.29, 0.717) is 29.6 Å². The lowest BCUT2D eigenvalue weighted by molar-refractivity contribution is -0.383. The summed E-state index contributed by atoms with van der Waals surface area (Å²) in [5.41, 5.74) is 0.793. The summed E-state index contributed by atoms with van der Waals surface area (Å²) in [7, 11) is 1.53. The summed E-state index contributed by atoms with van der Waals surface area (Å²) in [6, 6.07) is 12.4. The van der Waals surface area contributed by atoms with Crippen molar-refractivity contribution in [2.24, 2.45) is 11.0 Å². The fourth-order valence-electron chi connectivity index (χ4n) is 3.74. The number of carbonyl (C=O) groups excluding carboxylic acids is 2. The quantitative estimate of drug-likeness (QED) is 0.206. The number of benzene rings is 3. The number of non-ortho nitro benzene ring substituents is 1. The molecule has 1 heterocycles. The number of hydrogen-bond donors (Lipinski definition) is 0. The van der Waals surface area contributed by atoms with Gasteiger partial charge in [0.2, 0.25) is 0 Å². The number of ether oxygens (including phenoxy) is 2. The van der Waals surface area contributed by atoms with E-state index in [1.165, 1.54) is 37.6 Å². The Morgan fingerprint density at radius 2 is 1.79 bits per heavy atom. The summed E-state index contributed by atoms with van der Waals surface area (Å²) in [5, 5.41) is 16.8. The van der Waals surface area contributed by atoms with Crippen LogP contribution < -0.4 is 9.47 Å². The van der Waals surface area contributed by atoms with E-state index in [0.717, 1.165) is 11.4 Å². The van der Waals surface area contributed by atoms with Crippen LogP contribution in [0.25, 0.3) is 10.8 Å². The molecule has 0 aliphatic carbocycles. The number of hydrogen-bond acceptors (Lipinski definition) is 7. The predicted molar refractivity (Wildman–Crippen MR) is 127 cm³/mol. The number of carbonyl (C=O) groups is 2. The van der Waals surface area contributed by atoms with Gasteiger partial charge in [0.25, 0.3) is 17.5 Å². The lowest BCUT2D eigenvalue weighted by Crippen LogP contribution is -2.36. The smallest absolute Gasteiger partial charge is 0.282 e. The van der Waals surface area contributed by atoms with Gasteiger partial charge < -0.3 is 9.47 Å². The fourth-order valence-corrected chi connectivity index (χ4v) is 3.74. The van der Waals surface area contributed by atoms with E-state index in [-0.39, 0.29) is 27.6 Å². The highest BCUT2D eigenvalue weighted by Gasteiger charge is 2.34. The molecule has 2 amide bonds. The van der Waals surface area contributed by atoms with E-state index < -0.39 is 16.7 Å². The van der Waals surface area contributed by atoms with Crippen LogP contribution in [0.15, 0.2) is 53.6 Å². The van der Waals surface area contributed by atoms with Crippen LogP contribution in [0.3, 0.4) is 0 Å². The zero-order chi connectivity index (χ0) is 24.4. The molecule has 0 bridgehead atoms. The van der Waals surface area contributed by atoms with E-state index >= 15 is 0 Å². The Hall–Kier alpha value is -4.27. The maximum Gasteiger partial charge on any atom is 0.282 e. The Morgan fingerprint density at radius 1 is 1.06 bits per heavy atom. The van der Waals surface area contributed by atoms with Gasteiger partial charge in [-0.2, -0.15) is 10.1 Å². The SMILES string of the molecule is COc1cc(C=NN2C(=O)c3cccc4c([N+](=O)[O-])ccc(c34)C2=O)ccc1OCCC(C)C. The molecule has 0 spiro atoms. The molecule has 9 nitrogen and oxygen atoms in total. The zero-order valence-corrected chi connectivity index (χ0v) is 19.0. The molecule has 0 atom stereocenters. The second-order valence-electron chi connectivity index (χ2n) is 8.23. The lowest BCUT2D eigenvalue weighted by atomic mass is 9.94. The molecule has 4 rings (SSSR count). The van der Waals surface area contributed by atoms with Crippen molar-refractivity contribution in [2.45, 2.75) is 20.3 Å². The third-order valence-electron chi connectivity index (χ3n) is 5.52. The van der Waals surface area contributed by atoms with Crippen molar-refractivity contribution in [1.82, 2.24) is 5.01 Å². The number of methoxy groups -OCH3 is 1. The number of nitro benzene ring substituents is 1. The lowest BCUT2D eigenvalue weighted by Gasteiger charge is -2.23.